The molecule has 0 atom stereocenters. The van der Waals surface area contributed by atoms with Gasteiger partial charge in [-0.3, -0.25) is 0 Å². The molecular formula is C11H12ClN3S. The monoisotopic (exact) mass is 253 g/mol. The third kappa shape index (κ3) is 2.08. The maximum Gasteiger partial charge on any atom is 0.191 e. The van der Waals surface area contributed by atoms with Crippen molar-refractivity contribution < 1.29 is 0 Å². The van der Waals surface area contributed by atoms with E-state index in [1.165, 1.54) is 0 Å². The molecule has 0 aliphatic carbocycles. The van der Waals surface area contributed by atoms with Gasteiger partial charge >= 0.3 is 0 Å². The number of thioether (sulfide) groups is 1. The largest absolute Gasteiger partial charge is 0.302 e. The first kappa shape index (κ1) is 11.5. The minimum Gasteiger partial charge on any atom is -0.302 e. The normalized spacial score (nSPS) is 10.7. The number of halogens is 1. The Morgan fingerprint density at radius 1 is 1.38 bits per heavy atom. The lowest BCUT2D eigenvalue weighted by Crippen LogP contribution is -1.99. The summed E-state index contributed by atoms with van der Waals surface area (Å²) >= 11 is 7.56. The number of aromatic nitrogens is 3. The van der Waals surface area contributed by atoms with Crippen LogP contribution in [0.1, 0.15) is 6.92 Å². The second kappa shape index (κ2) is 4.89. The Hall–Kier alpha value is -1.00. The summed E-state index contributed by atoms with van der Waals surface area (Å²) in [5.74, 6) is 0.870. The summed E-state index contributed by atoms with van der Waals surface area (Å²) in [4.78, 5) is 0. The lowest BCUT2D eigenvalue weighted by molar-refractivity contribution is 0.688. The van der Waals surface area contributed by atoms with Gasteiger partial charge in [0.15, 0.2) is 11.0 Å². The smallest absolute Gasteiger partial charge is 0.191 e. The van der Waals surface area contributed by atoms with Gasteiger partial charge in [0.05, 0.1) is 0 Å². The Labute approximate surface area is 104 Å². The van der Waals surface area contributed by atoms with Crippen LogP contribution in [0, 0.1) is 0 Å². The average molecular weight is 254 g/mol. The van der Waals surface area contributed by atoms with Crippen molar-refractivity contribution in [1.82, 2.24) is 14.8 Å². The molecule has 3 nitrogen and oxygen atoms in total. The number of hydrogen-bond donors (Lipinski definition) is 0. The second-order valence-electron chi connectivity index (χ2n) is 3.26. The van der Waals surface area contributed by atoms with Gasteiger partial charge in [-0.2, -0.15) is 0 Å². The Bertz CT molecular complexity index is 496. The zero-order chi connectivity index (χ0) is 11.5. The Morgan fingerprint density at radius 3 is 2.81 bits per heavy atom. The topological polar surface area (TPSA) is 30.7 Å². The highest BCUT2D eigenvalue weighted by Crippen LogP contribution is 2.24. The van der Waals surface area contributed by atoms with Gasteiger partial charge in [0, 0.05) is 17.1 Å². The van der Waals surface area contributed by atoms with Crippen molar-refractivity contribution in [1.29, 1.82) is 0 Å². The van der Waals surface area contributed by atoms with Crippen molar-refractivity contribution in [2.75, 3.05) is 6.26 Å². The highest BCUT2D eigenvalue weighted by molar-refractivity contribution is 7.98. The highest BCUT2D eigenvalue weighted by atomic mass is 35.5. The minimum absolute atomic E-state index is 0.717. The first-order valence-corrected chi connectivity index (χ1v) is 6.59. The molecule has 1 aromatic heterocycles. The van der Waals surface area contributed by atoms with E-state index in [1.54, 1.807) is 11.8 Å². The molecule has 0 radical (unpaired) electrons. The quantitative estimate of drug-likeness (QED) is 0.786. The van der Waals surface area contributed by atoms with Crippen LogP contribution in [0.3, 0.4) is 0 Å². The van der Waals surface area contributed by atoms with Gasteiger partial charge in [0.25, 0.3) is 0 Å². The molecule has 0 amide bonds. The first-order valence-electron chi connectivity index (χ1n) is 4.99. The van der Waals surface area contributed by atoms with Gasteiger partial charge in [-0.1, -0.05) is 35.5 Å². The van der Waals surface area contributed by atoms with Gasteiger partial charge in [-0.05, 0) is 25.3 Å². The highest BCUT2D eigenvalue weighted by Gasteiger charge is 2.11. The molecule has 2 rings (SSSR count). The maximum absolute atomic E-state index is 5.97. The van der Waals surface area contributed by atoms with Crippen LogP contribution in [0.2, 0.25) is 5.02 Å². The number of nitrogens with zero attached hydrogens (tertiary/aromatic N) is 3. The molecule has 0 aliphatic heterocycles. The molecule has 1 aromatic carbocycles. The van der Waals surface area contributed by atoms with E-state index in [9.17, 15) is 0 Å². The maximum atomic E-state index is 5.97. The summed E-state index contributed by atoms with van der Waals surface area (Å²) in [6.45, 7) is 2.93. The van der Waals surface area contributed by atoms with Gasteiger partial charge in [0.1, 0.15) is 0 Å². The molecule has 0 saturated carbocycles. The molecule has 5 heteroatoms. The van der Waals surface area contributed by atoms with Crippen molar-refractivity contribution in [3.8, 4) is 11.4 Å². The van der Waals surface area contributed by atoms with Crippen molar-refractivity contribution in [2.24, 2.45) is 0 Å². The summed E-state index contributed by atoms with van der Waals surface area (Å²) in [5, 5.41) is 9.99. The van der Waals surface area contributed by atoms with E-state index in [2.05, 4.69) is 21.7 Å². The van der Waals surface area contributed by atoms with Crippen LogP contribution in [0.15, 0.2) is 29.4 Å². The van der Waals surface area contributed by atoms with Gasteiger partial charge in [-0.25, -0.2) is 0 Å². The molecule has 0 N–H and O–H groups in total. The van der Waals surface area contributed by atoms with Crippen LogP contribution in [-0.4, -0.2) is 21.0 Å². The van der Waals surface area contributed by atoms with Crippen LogP contribution in [0.4, 0.5) is 0 Å². The molecule has 84 valence electrons. The predicted molar refractivity (Wildman–Crippen MR) is 67.9 cm³/mol. The SMILES string of the molecule is CCn1c(SC)nnc1-c1cccc(Cl)c1. The van der Waals surface area contributed by atoms with Gasteiger partial charge in [0.2, 0.25) is 0 Å². The predicted octanol–water partition coefficient (Wildman–Crippen LogP) is 3.34. The minimum atomic E-state index is 0.717. The van der Waals surface area contributed by atoms with Crippen LogP contribution >= 0.6 is 23.4 Å². The Balaban J connectivity index is 2.51. The van der Waals surface area contributed by atoms with Crippen molar-refractivity contribution in [2.45, 2.75) is 18.6 Å². The van der Waals surface area contributed by atoms with Gasteiger partial charge < -0.3 is 4.57 Å². The lowest BCUT2D eigenvalue weighted by atomic mass is 10.2. The Kier molecular flexibility index (Phi) is 3.51. The lowest BCUT2D eigenvalue weighted by Gasteiger charge is -2.05. The van der Waals surface area contributed by atoms with Crippen LogP contribution < -0.4 is 0 Å². The van der Waals surface area contributed by atoms with E-state index in [1.807, 2.05) is 30.5 Å². The summed E-state index contributed by atoms with van der Waals surface area (Å²) in [7, 11) is 0. The molecule has 0 fully saturated rings. The molecule has 0 spiro atoms. The zero-order valence-electron chi connectivity index (χ0n) is 9.14. The molecule has 0 saturated heterocycles. The zero-order valence-corrected chi connectivity index (χ0v) is 10.7. The Morgan fingerprint density at radius 2 is 2.19 bits per heavy atom. The summed E-state index contributed by atoms with van der Waals surface area (Å²) < 4.78 is 2.08. The fourth-order valence-corrected chi connectivity index (χ4v) is 2.31. The third-order valence-corrected chi connectivity index (χ3v) is 3.20. The van der Waals surface area contributed by atoms with E-state index in [0.29, 0.717) is 5.02 Å². The fraction of sp³-hybridized carbons (Fsp3) is 0.273. The average Bonchev–Trinajstić information content (AvgIpc) is 2.71. The molecule has 0 unspecified atom stereocenters. The van der Waals surface area contributed by atoms with E-state index in [4.69, 9.17) is 11.6 Å². The summed E-state index contributed by atoms with van der Waals surface area (Å²) in [5.41, 5.74) is 1.00. The molecule has 2 aromatic rings. The number of rotatable bonds is 3. The van der Waals surface area contributed by atoms with Crippen LogP contribution in [0.5, 0.6) is 0 Å². The van der Waals surface area contributed by atoms with E-state index in [-0.39, 0.29) is 0 Å². The summed E-state index contributed by atoms with van der Waals surface area (Å²) in [6, 6.07) is 7.67. The number of benzene rings is 1. The second-order valence-corrected chi connectivity index (χ2v) is 4.47. The van der Waals surface area contributed by atoms with E-state index >= 15 is 0 Å². The van der Waals surface area contributed by atoms with E-state index in [0.717, 1.165) is 23.1 Å². The third-order valence-electron chi connectivity index (χ3n) is 2.30. The van der Waals surface area contributed by atoms with Crippen LogP contribution in [-0.2, 0) is 6.54 Å². The van der Waals surface area contributed by atoms with Crippen molar-refractivity contribution >= 4 is 23.4 Å². The number of hydrogen-bond acceptors (Lipinski definition) is 3. The first-order chi connectivity index (χ1) is 7.76. The standard InChI is InChI=1S/C11H12ClN3S/c1-3-15-10(13-14-11(15)16-2)8-5-4-6-9(12)7-8/h4-7H,3H2,1-2H3. The van der Waals surface area contributed by atoms with Gasteiger partial charge in [-0.15, -0.1) is 10.2 Å². The summed E-state index contributed by atoms with van der Waals surface area (Å²) in [6.07, 6.45) is 2.00. The molecule has 1 heterocycles. The fourth-order valence-electron chi connectivity index (χ4n) is 1.57. The van der Waals surface area contributed by atoms with Crippen molar-refractivity contribution in [3.05, 3.63) is 29.3 Å². The molecule has 0 aliphatic rings. The van der Waals surface area contributed by atoms with Crippen molar-refractivity contribution in [3.63, 3.8) is 0 Å². The molecule has 0 bridgehead atoms. The van der Waals surface area contributed by atoms with Crippen LogP contribution in [0.25, 0.3) is 11.4 Å². The molecule has 16 heavy (non-hydrogen) atoms. The molecular weight excluding hydrogens is 242 g/mol. The van der Waals surface area contributed by atoms with E-state index < -0.39 is 0 Å².